The maximum atomic E-state index is 5.32. The number of methoxy groups -OCH3 is 1. The molecule has 1 aromatic heterocycles. The van der Waals surface area contributed by atoms with Gasteiger partial charge in [0.1, 0.15) is 5.75 Å². The minimum absolute atomic E-state index is 0.587. The van der Waals surface area contributed by atoms with Gasteiger partial charge >= 0.3 is 0 Å². The van der Waals surface area contributed by atoms with Crippen LogP contribution in [0.4, 0.5) is 0 Å². The smallest absolute Gasteiger partial charge is 0.118 e. The Morgan fingerprint density at radius 1 is 1.08 bits per heavy atom. The Bertz CT molecular complexity index is 655. The number of ether oxygens (including phenoxy) is 1. The molecule has 4 rings (SSSR count). The summed E-state index contributed by atoms with van der Waals surface area (Å²) in [6.45, 7) is 0.911. The molecule has 0 aliphatic heterocycles. The van der Waals surface area contributed by atoms with E-state index in [1.165, 1.54) is 36.8 Å². The molecule has 0 radical (unpaired) electrons. The zero-order valence-electron chi connectivity index (χ0n) is 14.3. The quantitative estimate of drug-likeness (QED) is 0.898. The summed E-state index contributed by atoms with van der Waals surface area (Å²) in [5, 5.41) is 3.84. The van der Waals surface area contributed by atoms with Crippen molar-refractivity contribution in [1.29, 1.82) is 0 Å². The molecule has 1 N–H and O–H groups in total. The van der Waals surface area contributed by atoms with Crippen molar-refractivity contribution in [3.8, 4) is 5.75 Å². The van der Waals surface area contributed by atoms with Crippen molar-refractivity contribution >= 4 is 0 Å². The first-order chi connectivity index (χ1) is 11.9. The Balaban J connectivity index is 1.50. The first kappa shape index (κ1) is 15.6. The van der Waals surface area contributed by atoms with E-state index in [2.05, 4.69) is 40.6 Å². The molecule has 0 saturated heterocycles. The van der Waals surface area contributed by atoms with Crippen molar-refractivity contribution in [3.05, 3.63) is 59.9 Å². The number of hydrogen-bond donors (Lipinski definition) is 1. The van der Waals surface area contributed by atoms with Crippen molar-refractivity contribution in [3.63, 3.8) is 0 Å². The molecule has 0 bridgehead atoms. The highest BCUT2D eigenvalue weighted by molar-refractivity contribution is 5.33. The fraction of sp³-hybridized carbons (Fsp3) is 0.476. The van der Waals surface area contributed by atoms with E-state index in [0.717, 1.165) is 24.1 Å². The van der Waals surface area contributed by atoms with Crippen LogP contribution < -0.4 is 10.1 Å². The number of pyridine rings is 1. The van der Waals surface area contributed by atoms with Crippen molar-refractivity contribution in [2.75, 3.05) is 7.11 Å². The molecule has 2 aliphatic carbocycles. The van der Waals surface area contributed by atoms with E-state index < -0.39 is 0 Å². The summed E-state index contributed by atoms with van der Waals surface area (Å²) in [6, 6.07) is 13.5. The van der Waals surface area contributed by atoms with Gasteiger partial charge in [-0.1, -0.05) is 31.0 Å². The van der Waals surface area contributed by atoms with E-state index in [4.69, 9.17) is 4.74 Å². The maximum absolute atomic E-state index is 5.32. The molecule has 0 spiro atoms. The molecule has 1 heterocycles. The van der Waals surface area contributed by atoms with E-state index in [0.29, 0.717) is 12.0 Å². The molecule has 126 valence electrons. The molecule has 2 aromatic rings. The van der Waals surface area contributed by atoms with E-state index in [1.54, 1.807) is 7.11 Å². The third-order valence-corrected chi connectivity index (χ3v) is 5.95. The fourth-order valence-corrected chi connectivity index (χ4v) is 4.76. The van der Waals surface area contributed by atoms with E-state index in [1.807, 2.05) is 18.5 Å². The van der Waals surface area contributed by atoms with Gasteiger partial charge in [0.2, 0.25) is 0 Å². The second kappa shape index (κ2) is 6.94. The van der Waals surface area contributed by atoms with Gasteiger partial charge < -0.3 is 10.1 Å². The largest absolute Gasteiger partial charge is 0.497 e. The molecular formula is C21H26N2O. The van der Waals surface area contributed by atoms with Crippen LogP contribution in [0.25, 0.3) is 0 Å². The van der Waals surface area contributed by atoms with E-state index >= 15 is 0 Å². The number of rotatable bonds is 5. The lowest BCUT2D eigenvalue weighted by Gasteiger charge is -2.55. The third-order valence-electron chi connectivity index (χ3n) is 5.95. The van der Waals surface area contributed by atoms with Crippen LogP contribution in [-0.2, 0) is 6.54 Å². The number of nitrogens with zero attached hydrogens (tertiary/aromatic N) is 1. The zero-order chi connectivity index (χ0) is 16.4. The molecule has 0 amide bonds. The standard InChI is InChI=1S/C21H26N2O/c1-24-17-10-8-16(9-11-17)20-18-6-2-3-7-19(18)21(20)23-14-15-5-4-12-22-13-15/h4-5,8-13,18-21,23H,2-3,6-7,14H2,1H3/t18-,19+,20-,21-/m0/s1. The van der Waals surface area contributed by atoms with Gasteiger partial charge in [-0.2, -0.15) is 0 Å². The minimum atomic E-state index is 0.587. The molecule has 2 aliphatic rings. The molecular weight excluding hydrogens is 296 g/mol. The van der Waals surface area contributed by atoms with Gasteiger partial charge in [0.25, 0.3) is 0 Å². The predicted octanol–water partition coefficient (Wildman–Crippen LogP) is 4.15. The lowest BCUT2D eigenvalue weighted by Crippen LogP contribution is -2.57. The normalized spacial score (nSPS) is 28.7. The third kappa shape index (κ3) is 2.93. The molecule has 0 unspecified atom stereocenters. The molecule has 3 heteroatoms. The minimum Gasteiger partial charge on any atom is -0.497 e. The average molecular weight is 322 g/mol. The summed E-state index contributed by atoms with van der Waals surface area (Å²) < 4.78 is 5.32. The van der Waals surface area contributed by atoms with E-state index in [9.17, 15) is 0 Å². The van der Waals surface area contributed by atoms with Crippen LogP contribution >= 0.6 is 0 Å². The van der Waals surface area contributed by atoms with Crippen LogP contribution in [0.1, 0.15) is 42.7 Å². The second-order valence-corrected chi connectivity index (χ2v) is 7.18. The number of fused-ring (bicyclic) bond motifs is 1. The fourth-order valence-electron chi connectivity index (χ4n) is 4.76. The summed E-state index contributed by atoms with van der Waals surface area (Å²) in [7, 11) is 1.73. The highest BCUT2D eigenvalue weighted by Crippen LogP contribution is 2.54. The Labute approximate surface area is 144 Å². The zero-order valence-corrected chi connectivity index (χ0v) is 14.3. The average Bonchev–Trinajstić information content (AvgIpc) is 2.64. The highest BCUT2D eigenvalue weighted by atomic mass is 16.5. The van der Waals surface area contributed by atoms with Gasteiger partial charge in [-0.3, -0.25) is 4.98 Å². The van der Waals surface area contributed by atoms with Gasteiger partial charge in [0, 0.05) is 30.9 Å². The van der Waals surface area contributed by atoms with Crippen molar-refractivity contribution in [2.24, 2.45) is 11.8 Å². The van der Waals surface area contributed by atoms with Crippen LogP contribution in [0.5, 0.6) is 5.75 Å². The lowest BCUT2D eigenvalue weighted by atomic mass is 9.53. The SMILES string of the molecule is COc1ccc([C@H]2[C@H]3CCCC[C@H]3[C@@H]2NCc2cccnc2)cc1. The molecule has 4 atom stereocenters. The van der Waals surface area contributed by atoms with Crippen LogP contribution in [0.2, 0.25) is 0 Å². The number of nitrogens with one attached hydrogen (secondary N) is 1. The van der Waals surface area contributed by atoms with Crippen molar-refractivity contribution in [2.45, 2.75) is 44.2 Å². The summed E-state index contributed by atoms with van der Waals surface area (Å²) in [5.41, 5.74) is 2.73. The number of hydrogen-bond acceptors (Lipinski definition) is 3. The summed E-state index contributed by atoms with van der Waals surface area (Å²) in [4.78, 5) is 4.23. The van der Waals surface area contributed by atoms with Gasteiger partial charge in [-0.05, 0) is 54.0 Å². The molecule has 3 nitrogen and oxygen atoms in total. The first-order valence-corrected chi connectivity index (χ1v) is 9.13. The Morgan fingerprint density at radius 2 is 1.88 bits per heavy atom. The molecule has 2 fully saturated rings. The second-order valence-electron chi connectivity index (χ2n) is 7.18. The number of benzene rings is 1. The Morgan fingerprint density at radius 3 is 2.58 bits per heavy atom. The predicted molar refractivity (Wildman–Crippen MR) is 96.0 cm³/mol. The molecule has 24 heavy (non-hydrogen) atoms. The van der Waals surface area contributed by atoms with E-state index in [-0.39, 0.29) is 0 Å². The molecule has 2 saturated carbocycles. The first-order valence-electron chi connectivity index (χ1n) is 9.13. The Hall–Kier alpha value is -1.87. The van der Waals surface area contributed by atoms with Gasteiger partial charge in [-0.15, -0.1) is 0 Å². The maximum Gasteiger partial charge on any atom is 0.118 e. The monoisotopic (exact) mass is 322 g/mol. The van der Waals surface area contributed by atoms with Crippen molar-refractivity contribution < 1.29 is 4.74 Å². The van der Waals surface area contributed by atoms with Crippen molar-refractivity contribution in [1.82, 2.24) is 10.3 Å². The van der Waals surface area contributed by atoms with Crippen LogP contribution in [0.15, 0.2) is 48.8 Å². The van der Waals surface area contributed by atoms with Gasteiger partial charge in [0.15, 0.2) is 0 Å². The van der Waals surface area contributed by atoms with Gasteiger partial charge in [-0.25, -0.2) is 0 Å². The topological polar surface area (TPSA) is 34.1 Å². The Kier molecular flexibility index (Phi) is 4.52. The summed E-state index contributed by atoms with van der Waals surface area (Å²) >= 11 is 0. The van der Waals surface area contributed by atoms with Crippen LogP contribution in [0.3, 0.4) is 0 Å². The van der Waals surface area contributed by atoms with Crippen LogP contribution in [0, 0.1) is 11.8 Å². The summed E-state index contributed by atoms with van der Waals surface area (Å²) in [5.74, 6) is 3.26. The van der Waals surface area contributed by atoms with Crippen LogP contribution in [-0.4, -0.2) is 18.1 Å². The lowest BCUT2D eigenvalue weighted by molar-refractivity contribution is 0.0254. The number of aromatic nitrogens is 1. The van der Waals surface area contributed by atoms with Gasteiger partial charge in [0.05, 0.1) is 7.11 Å². The summed E-state index contributed by atoms with van der Waals surface area (Å²) in [6.07, 6.45) is 9.34. The molecule has 1 aromatic carbocycles. The highest BCUT2D eigenvalue weighted by Gasteiger charge is 2.50.